The van der Waals surface area contributed by atoms with Crippen LogP contribution < -0.4 is 5.32 Å². The Balaban J connectivity index is 1.95. The number of hydrogen-bond donors (Lipinski definition) is 1. The maximum atomic E-state index is 3.56. The third-order valence-electron chi connectivity index (χ3n) is 3.66. The van der Waals surface area contributed by atoms with E-state index in [0.29, 0.717) is 0 Å². The van der Waals surface area contributed by atoms with E-state index in [1.807, 2.05) is 0 Å². The first-order chi connectivity index (χ1) is 7.86. The average Bonchev–Trinajstić information content (AvgIpc) is 2.31. The van der Waals surface area contributed by atoms with Crippen molar-refractivity contribution in [2.75, 3.05) is 26.2 Å². The van der Waals surface area contributed by atoms with Gasteiger partial charge in [0, 0.05) is 6.04 Å². The molecule has 1 aliphatic heterocycles. The predicted octanol–water partition coefficient (Wildman–Crippen LogP) is 3.03. The number of likely N-dealkylation sites (tertiary alicyclic amines) is 1. The molecule has 0 spiro atoms. The third-order valence-corrected chi connectivity index (χ3v) is 3.66. The molecular formula is C14H30N2. The van der Waals surface area contributed by atoms with Gasteiger partial charge in [0.25, 0.3) is 0 Å². The standard InChI is InChI=1S/C14H30N2/c1-3-5-6-7-8-11-16-12-9-14(10-13-16)15-4-2/h14-15H,3-13H2,1-2H3. The molecule has 0 unspecified atom stereocenters. The minimum Gasteiger partial charge on any atom is -0.314 e. The summed E-state index contributed by atoms with van der Waals surface area (Å²) < 4.78 is 0. The molecule has 1 saturated heterocycles. The Morgan fingerprint density at radius 3 is 2.31 bits per heavy atom. The van der Waals surface area contributed by atoms with Gasteiger partial charge in [0.05, 0.1) is 0 Å². The van der Waals surface area contributed by atoms with Gasteiger partial charge >= 0.3 is 0 Å². The van der Waals surface area contributed by atoms with E-state index >= 15 is 0 Å². The van der Waals surface area contributed by atoms with Crippen molar-refractivity contribution in [2.24, 2.45) is 0 Å². The Labute approximate surface area is 102 Å². The van der Waals surface area contributed by atoms with Crippen molar-refractivity contribution in [1.29, 1.82) is 0 Å². The van der Waals surface area contributed by atoms with Crippen molar-refractivity contribution >= 4 is 0 Å². The Morgan fingerprint density at radius 1 is 1.00 bits per heavy atom. The summed E-state index contributed by atoms with van der Waals surface area (Å²) in [6.45, 7) is 9.58. The van der Waals surface area contributed by atoms with Crippen LogP contribution in [0.1, 0.15) is 58.8 Å². The van der Waals surface area contributed by atoms with Crippen LogP contribution in [0.3, 0.4) is 0 Å². The zero-order chi connectivity index (χ0) is 11.6. The largest absolute Gasteiger partial charge is 0.314 e. The van der Waals surface area contributed by atoms with Crippen molar-refractivity contribution in [3.8, 4) is 0 Å². The molecule has 0 aromatic carbocycles. The summed E-state index contributed by atoms with van der Waals surface area (Å²) >= 11 is 0. The minimum atomic E-state index is 0.793. The van der Waals surface area contributed by atoms with Gasteiger partial charge in [-0.05, 0) is 45.4 Å². The third kappa shape index (κ3) is 5.86. The monoisotopic (exact) mass is 226 g/mol. The highest BCUT2D eigenvalue weighted by Crippen LogP contribution is 2.11. The highest BCUT2D eigenvalue weighted by atomic mass is 15.1. The number of nitrogens with one attached hydrogen (secondary N) is 1. The Bertz CT molecular complexity index is 151. The van der Waals surface area contributed by atoms with Crippen molar-refractivity contribution in [2.45, 2.75) is 64.8 Å². The lowest BCUT2D eigenvalue weighted by Crippen LogP contribution is -2.42. The normalized spacial score (nSPS) is 19.1. The van der Waals surface area contributed by atoms with E-state index in [4.69, 9.17) is 0 Å². The quantitative estimate of drug-likeness (QED) is 0.640. The van der Waals surface area contributed by atoms with Crippen molar-refractivity contribution in [3.05, 3.63) is 0 Å². The van der Waals surface area contributed by atoms with Gasteiger partial charge in [-0.15, -0.1) is 0 Å². The maximum Gasteiger partial charge on any atom is 0.00912 e. The molecule has 1 rings (SSSR count). The molecule has 0 aromatic rings. The summed E-state index contributed by atoms with van der Waals surface area (Å²) in [5.74, 6) is 0. The van der Waals surface area contributed by atoms with Crippen LogP contribution >= 0.6 is 0 Å². The second-order valence-electron chi connectivity index (χ2n) is 5.09. The highest BCUT2D eigenvalue weighted by Gasteiger charge is 2.17. The Kier molecular flexibility index (Phi) is 7.87. The molecule has 0 radical (unpaired) electrons. The van der Waals surface area contributed by atoms with Crippen LogP contribution in [0.2, 0.25) is 0 Å². The molecule has 2 nitrogen and oxygen atoms in total. The van der Waals surface area contributed by atoms with Crippen molar-refractivity contribution in [3.63, 3.8) is 0 Å². The van der Waals surface area contributed by atoms with Crippen LogP contribution in [-0.2, 0) is 0 Å². The summed E-state index contributed by atoms with van der Waals surface area (Å²) in [5.41, 5.74) is 0. The van der Waals surface area contributed by atoms with E-state index in [1.165, 1.54) is 64.6 Å². The average molecular weight is 226 g/mol. The predicted molar refractivity (Wildman–Crippen MR) is 71.9 cm³/mol. The summed E-state index contributed by atoms with van der Waals surface area (Å²) in [6.07, 6.45) is 9.75. The SMILES string of the molecule is CCCCCCCN1CCC(NCC)CC1. The van der Waals surface area contributed by atoms with Gasteiger partial charge in [0.1, 0.15) is 0 Å². The molecule has 1 N–H and O–H groups in total. The fourth-order valence-corrected chi connectivity index (χ4v) is 2.59. The number of piperidine rings is 1. The molecule has 2 heteroatoms. The minimum absolute atomic E-state index is 0.793. The molecule has 0 saturated carbocycles. The van der Waals surface area contributed by atoms with E-state index < -0.39 is 0 Å². The summed E-state index contributed by atoms with van der Waals surface area (Å²) in [4.78, 5) is 2.65. The van der Waals surface area contributed by atoms with Gasteiger partial charge in [-0.1, -0.05) is 39.5 Å². The van der Waals surface area contributed by atoms with Crippen LogP contribution in [0.15, 0.2) is 0 Å². The van der Waals surface area contributed by atoms with Crippen LogP contribution in [0.5, 0.6) is 0 Å². The van der Waals surface area contributed by atoms with Crippen molar-refractivity contribution < 1.29 is 0 Å². The van der Waals surface area contributed by atoms with Gasteiger partial charge in [-0.3, -0.25) is 0 Å². The number of hydrogen-bond acceptors (Lipinski definition) is 2. The molecule has 0 amide bonds. The molecule has 16 heavy (non-hydrogen) atoms. The molecule has 0 atom stereocenters. The molecule has 1 heterocycles. The van der Waals surface area contributed by atoms with Gasteiger partial charge in [-0.25, -0.2) is 0 Å². The van der Waals surface area contributed by atoms with E-state index in [2.05, 4.69) is 24.1 Å². The summed E-state index contributed by atoms with van der Waals surface area (Å²) in [7, 11) is 0. The number of rotatable bonds is 8. The first kappa shape index (κ1) is 14.0. The van der Waals surface area contributed by atoms with Gasteiger partial charge in [0.2, 0.25) is 0 Å². The molecule has 96 valence electrons. The van der Waals surface area contributed by atoms with E-state index in [-0.39, 0.29) is 0 Å². The van der Waals surface area contributed by atoms with Crippen LogP contribution in [0.25, 0.3) is 0 Å². The second kappa shape index (κ2) is 9.00. The van der Waals surface area contributed by atoms with Gasteiger partial charge in [0.15, 0.2) is 0 Å². The first-order valence-electron chi connectivity index (χ1n) is 7.32. The maximum absolute atomic E-state index is 3.56. The lowest BCUT2D eigenvalue weighted by atomic mass is 10.0. The second-order valence-corrected chi connectivity index (χ2v) is 5.09. The zero-order valence-corrected chi connectivity index (χ0v) is 11.3. The Morgan fingerprint density at radius 2 is 1.69 bits per heavy atom. The molecule has 0 aromatic heterocycles. The van der Waals surface area contributed by atoms with E-state index in [1.54, 1.807) is 0 Å². The van der Waals surface area contributed by atoms with E-state index in [0.717, 1.165) is 12.6 Å². The molecular weight excluding hydrogens is 196 g/mol. The lowest BCUT2D eigenvalue weighted by Gasteiger charge is -2.32. The number of unbranched alkanes of at least 4 members (excludes halogenated alkanes) is 4. The smallest absolute Gasteiger partial charge is 0.00912 e. The summed E-state index contributed by atoms with van der Waals surface area (Å²) in [5, 5.41) is 3.56. The first-order valence-corrected chi connectivity index (χ1v) is 7.32. The topological polar surface area (TPSA) is 15.3 Å². The fraction of sp³-hybridized carbons (Fsp3) is 1.00. The fourth-order valence-electron chi connectivity index (χ4n) is 2.59. The molecule has 0 bridgehead atoms. The van der Waals surface area contributed by atoms with Crippen LogP contribution in [0, 0.1) is 0 Å². The molecule has 1 aliphatic rings. The number of nitrogens with zero attached hydrogens (tertiary/aromatic N) is 1. The van der Waals surface area contributed by atoms with Crippen LogP contribution in [-0.4, -0.2) is 37.1 Å². The highest BCUT2D eigenvalue weighted by molar-refractivity contribution is 4.76. The molecule has 1 fully saturated rings. The van der Waals surface area contributed by atoms with Crippen molar-refractivity contribution in [1.82, 2.24) is 10.2 Å². The van der Waals surface area contributed by atoms with Gasteiger partial charge < -0.3 is 10.2 Å². The van der Waals surface area contributed by atoms with Gasteiger partial charge in [-0.2, -0.15) is 0 Å². The Hall–Kier alpha value is -0.0800. The zero-order valence-electron chi connectivity index (χ0n) is 11.3. The van der Waals surface area contributed by atoms with E-state index in [9.17, 15) is 0 Å². The molecule has 0 aliphatic carbocycles. The lowest BCUT2D eigenvalue weighted by molar-refractivity contribution is 0.195. The van der Waals surface area contributed by atoms with Crippen LogP contribution in [0.4, 0.5) is 0 Å². The summed E-state index contributed by atoms with van der Waals surface area (Å²) in [6, 6.07) is 0.793.